The Balaban J connectivity index is 2.06. The lowest BCUT2D eigenvalue weighted by Crippen LogP contribution is -2.46. The van der Waals surface area contributed by atoms with Crippen LogP contribution in [-0.4, -0.2) is 16.6 Å². The molecule has 0 unspecified atom stereocenters. The summed E-state index contributed by atoms with van der Waals surface area (Å²) < 4.78 is 0. The van der Waals surface area contributed by atoms with Gasteiger partial charge in [-0.3, -0.25) is 4.98 Å². The molecule has 4 nitrogen and oxygen atoms in total. The molecule has 5 heteroatoms. The molecule has 2 aromatic rings. The van der Waals surface area contributed by atoms with Gasteiger partial charge in [0.15, 0.2) is 0 Å². The zero-order valence-corrected chi connectivity index (χ0v) is 12.8. The maximum absolute atomic E-state index is 11.8. The molecule has 2 N–H and O–H groups in total. The van der Waals surface area contributed by atoms with Gasteiger partial charge < -0.3 is 10.6 Å². The number of urea groups is 1. The lowest BCUT2D eigenvalue weighted by Gasteiger charge is -2.21. The molecule has 0 fully saturated rings. The number of nitrogens with zero attached hydrogens (tertiary/aromatic N) is 1. The van der Waals surface area contributed by atoms with E-state index in [1.807, 2.05) is 50.4 Å². The van der Waals surface area contributed by atoms with Gasteiger partial charge in [0.2, 0.25) is 0 Å². The Bertz CT molecular complexity index is 573. The monoisotopic (exact) mass is 289 g/mol. The van der Waals surface area contributed by atoms with Gasteiger partial charge in [-0.2, -0.15) is 0 Å². The van der Waals surface area contributed by atoms with Crippen molar-refractivity contribution in [1.29, 1.82) is 0 Å². The molecule has 0 bridgehead atoms. The van der Waals surface area contributed by atoms with Crippen molar-refractivity contribution in [2.24, 2.45) is 0 Å². The molecule has 0 saturated heterocycles. The Morgan fingerprint density at radius 1 is 1.30 bits per heavy atom. The summed E-state index contributed by atoms with van der Waals surface area (Å²) in [6, 6.07) is 7.73. The molecule has 0 aliphatic heterocycles. The molecule has 2 amide bonds. The molecule has 0 spiro atoms. The average Bonchev–Trinajstić information content (AvgIpc) is 2.88. The first-order chi connectivity index (χ1) is 9.46. The fraction of sp³-hybridized carbons (Fsp3) is 0.333. The lowest BCUT2D eigenvalue weighted by atomic mass is 10.1. The molecule has 20 heavy (non-hydrogen) atoms. The molecular weight excluding hydrogens is 270 g/mol. The van der Waals surface area contributed by atoms with Crippen molar-refractivity contribution < 1.29 is 4.79 Å². The molecule has 0 aliphatic carbocycles. The van der Waals surface area contributed by atoms with E-state index in [0.29, 0.717) is 6.54 Å². The number of hydrogen-bond donors (Lipinski definition) is 2. The van der Waals surface area contributed by atoms with Gasteiger partial charge in [0.05, 0.1) is 10.6 Å². The van der Waals surface area contributed by atoms with E-state index in [1.54, 1.807) is 17.5 Å². The molecule has 0 radical (unpaired) electrons. The summed E-state index contributed by atoms with van der Waals surface area (Å²) in [5.41, 5.74) is 1.70. The van der Waals surface area contributed by atoms with Crippen LogP contribution >= 0.6 is 11.3 Å². The lowest BCUT2D eigenvalue weighted by molar-refractivity contribution is 0.231. The van der Waals surface area contributed by atoms with Crippen LogP contribution in [0.3, 0.4) is 0 Å². The van der Waals surface area contributed by atoms with Crippen LogP contribution in [0.5, 0.6) is 0 Å². The van der Waals surface area contributed by atoms with Crippen molar-refractivity contribution >= 4 is 17.4 Å². The second-order valence-corrected chi connectivity index (χ2v) is 6.49. The van der Waals surface area contributed by atoms with Crippen LogP contribution in [0.4, 0.5) is 4.79 Å². The summed E-state index contributed by atoms with van der Waals surface area (Å²) in [7, 11) is 0. The number of carbonyl (C=O) groups excluding carboxylic acids is 1. The highest BCUT2D eigenvalue weighted by Gasteiger charge is 2.14. The summed E-state index contributed by atoms with van der Waals surface area (Å²) in [5, 5.41) is 7.77. The van der Waals surface area contributed by atoms with Crippen LogP contribution in [0.1, 0.15) is 26.3 Å². The van der Waals surface area contributed by atoms with E-state index >= 15 is 0 Å². The highest BCUT2D eigenvalue weighted by atomic mass is 32.1. The minimum absolute atomic E-state index is 0.168. The van der Waals surface area contributed by atoms with Crippen molar-refractivity contribution in [3.05, 3.63) is 41.4 Å². The highest BCUT2D eigenvalue weighted by Crippen LogP contribution is 2.25. The topological polar surface area (TPSA) is 54.0 Å². The average molecular weight is 289 g/mol. The molecule has 0 aromatic carbocycles. The number of carbonyl (C=O) groups is 1. The largest absolute Gasteiger partial charge is 0.334 e. The molecule has 0 aliphatic rings. The quantitative estimate of drug-likeness (QED) is 0.909. The van der Waals surface area contributed by atoms with E-state index in [1.165, 1.54) is 0 Å². The zero-order valence-electron chi connectivity index (χ0n) is 11.9. The number of nitrogens with one attached hydrogen (secondary N) is 2. The molecule has 2 aromatic heterocycles. The second kappa shape index (κ2) is 6.05. The zero-order chi connectivity index (χ0) is 14.6. The van der Waals surface area contributed by atoms with Crippen LogP contribution in [0.2, 0.25) is 0 Å². The Labute approximate surface area is 123 Å². The maximum atomic E-state index is 11.8. The molecule has 0 atom stereocenters. The van der Waals surface area contributed by atoms with Crippen LogP contribution in [-0.2, 0) is 6.54 Å². The number of thiophene rings is 1. The maximum Gasteiger partial charge on any atom is 0.315 e. The van der Waals surface area contributed by atoms with Crippen LogP contribution < -0.4 is 10.6 Å². The second-order valence-electron chi connectivity index (χ2n) is 5.55. The van der Waals surface area contributed by atoms with Gasteiger partial charge in [-0.1, -0.05) is 12.1 Å². The Morgan fingerprint density at radius 2 is 2.10 bits per heavy atom. The van der Waals surface area contributed by atoms with Gasteiger partial charge in [-0.15, -0.1) is 11.3 Å². The summed E-state index contributed by atoms with van der Waals surface area (Å²) in [6.45, 7) is 6.32. The van der Waals surface area contributed by atoms with Gasteiger partial charge in [0.1, 0.15) is 0 Å². The van der Waals surface area contributed by atoms with Crippen LogP contribution in [0, 0.1) is 0 Å². The molecule has 106 valence electrons. The Hall–Kier alpha value is -1.88. The molecule has 2 rings (SSSR count). The van der Waals surface area contributed by atoms with Crippen molar-refractivity contribution in [3.8, 4) is 10.6 Å². The van der Waals surface area contributed by atoms with Crippen LogP contribution in [0.25, 0.3) is 10.6 Å². The third-order valence-corrected chi connectivity index (χ3v) is 3.45. The first-order valence-corrected chi connectivity index (χ1v) is 7.37. The van der Waals surface area contributed by atoms with Crippen molar-refractivity contribution in [2.45, 2.75) is 32.9 Å². The first kappa shape index (κ1) is 14.5. The SMILES string of the molecule is CC(C)(C)NC(=O)NCc1cccnc1-c1cccs1. The van der Waals surface area contributed by atoms with Crippen molar-refractivity contribution in [2.75, 3.05) is 0 Å². The van der Waals surface area contributed by atoms with E-state index in [2.05, 4.69) is 15.6 Å². The number of pyridine rings is 1. The third kappa shape index (κ3) is 4.06. The van der Waals surface area contributed by atoms with Gasteiger partial charge in [0.25, 0.3) is 0 Å². The fourth-order valence-corrected chi connectivity index (χ4v) is 2.53. The standard InChI is InChI=1S/C15H19N3OS/c1-15(2,3)18-14(19)17-10-11-6-4-8-16-13(11)12-7-5-9-20-12/h4-9H,10H2,1-3H3,(H2,17,18,19). The number of rotatable bonds is 3. The summed E-state index contributed by atoms with van der Waals surface area (Å²) in [5.74, 6) is 0. The van der Waals surface area contributed by atoms with E-state index in [-0.39, 0.29) is 11.6 Å². The van der Waals surface area contributed by atoms with E-state index in [9.17, 15) is 4.79 Å². The van der Waals surface area contributed by atoms with Crippen molar-refractivity contribution in [3.63, 3.8) is 0 Å². The fourth-order valence-electron chi connectivity index (χ4n) is 1.78. The van der Waals surface area contributed by atoms with E-state index in [0.717, 1.165) is 16.1 Å². The van der Waals surface area contributed by atoms with Gasteiger partial charge in [-0.25, -0.2) is 4.79 Å². The minimum atomic E-state index is -0.240. The summed E-state index contributed by atoms with van der Waals surface area (Å²) >= 11 is 1.64. The van der Waals surface area contributed by atoms with Crippen molar-refractivity contribution in [1.82, 2.24) is 15.6 Å². The smallest absolute Gasteiger partial charge is 0.315 e. The Morgan fingerprint density at radius 3 is 2.75 bits per heavy atom. The third-order valence-electron chi connectivity index (χ3n) is 2.57. The predicted octanol–water partition coefficient (Wildman–Crippen LogP) is 3.41. The Kier molecular flexibility index (Phi) is 4.39. The molecule has 2 heterocycles. The molecular formula is C15H19N3OS. The number of hydrogen-bond acceptors (Lipinski definition) is 3. The summed E-state index contributed by atoms with van der Waals surface area (Å²) in [4.78, 5) is 17.3. The van der Waals surface area contributed by atoms with E-state index < -0.39 is 0 Å². The minimum Gasteiger partial charge on any atom is -0.334 e. The van der Waals surface area contributed by atoms with Gasteiger partial charge >= 0.3 is 6.03 Å². The van der Waals surface area contributed by atoms with Crippen LogP contribution in [0.15, 0.2) is 35.8 Å². The van der Waals surface area contributed by atoms with E-state index in [4.69, 9.17) is 0 Å². The summed E-state index contributed by atoms with van der Waals surface area (Å²) in [6.07, 6.45) is 1.77. The number of aromatic nitrogens is 1. The van der Waals surface area contributed by atoms with Gasteiger partial charge in [0, 0.05) is 18.3 Å². The highest BCUT2D eigenvalue weighted by molar-refractivity contribution is 7.13. The molecule has 0 saturated carbocycles. The first-order valence-electron chi connectivity index (χ1n) is 6.49. The van der Waals surface area contributed by atoms with Gasteiger partial charge in [-0.05, 0) is 43.8 Å². The number of amides is 2. The normalized spacial score (nSPS) is 11.2. The predicted molar refractivity (Wildman–Crippen MR) is 82.7 cm³/mol.